The molecule has 21 heavy (non-hydrogen) atoms. The van der Waals surface area contributed by atoms with Gasteiger partial charge in [-0.1, -0.05) is 11.6 Å². The van der Waals surface area contributed by atoms with Gasteiger partial charge in [0.2, 0.25) is 10.0 Å². The van der Waals surface area contributed by atoms with Crippen molar-refractivity contribution in [3.05, 3.63) is 17.4 Å². The molecule has 1 saturated heterocycles. The summed E-state index contributed by atoms with van der Waals surface area (Å²) in [5.41, 5.74) is 0.401. The standard InChI is InChI=1S/C13H21ClN4O2S/c1-10(2)17-4-6-18(7-5-17)21(19,20)12-9-16-8-11(14)13(12)15-3/h8-10H,4-7H2,1-3H3,(H,15,16). The molecule has 1 aliphatic heterocycles. The summed E-state index contributed by atoms with van der Waals surface area (Å²) < 4.78 is 27.0. The largest absolute Gasteiger partial charge is 0.386 e. The molecule has 1 aromatic heterocycles. The first-order chi connectivity index (χ1) is 9.87. The Balaban J connectivity index is 2.26. The molecule has 8 heteroatoms. The second kappa shape index (κ2) is 6.48. The van der Waals surface area contributed by atoms with Gasteiger partial charge in [-0.2, -0.15) is 4.31 Å². The van der Waals surface area contributed by atoms with E-state index in [1.54, 1.807) is 7.05 Å². The van der Waals surface area contributed by atoms with Crippen LogP contribution in [0.25, 0.3) is 0 Å². The van der Waals surface area contributed by atoms with E-state index in [1.807, 2.05) is 0 Å². The lowest BCUT2D eigenvalue weighted by molar-refractivity contribution is 0.154. The average Bonchev–Trinajstić information content (AvgIpc) is 2.47. The number of pyridine rings is 1. The summed E-state index contributed by atoms with van der Waals surface area (Å²) in [5.74, 6) is 0. The first kappa shape index (κ1) is 16.5. The zero-order valence-corrected chi connectivity index (χ0v) is 14.1. The molecule has 0 bridgehead atoms. The minimum absolute atomic E-state index is 0.135. The minimum Gasteiger partial charge on any atom is -0.386 e. The van der Waals surface area contributed by atoms with Gasteiger partial charge in [0, 0.05) is 51.7 Å². The van der Waals surface area contributed by atoms with Gasteiger partial charge in [0.25, 0.3) is 0 Å². The summed E-state index contributed by atoms with van der Waals surface area (Å²) in [6, 6.07) is 0.426. The van der Waals surface area contributed by atoms with E-state index in [0.717, 1.165) is 13.1 Å². The van der Waals surface area contributed by atoms with E-state index in [1.165, 1.54) is 16.7 Å². The van der Waals surface area contributed by atoms with Crippen LogP contribution in [0.4, 0.5) is 5.69 Å². The van der Waals surface area contributed by atoms with E-state index in [9.17, 15) is 8.42 Å². The molecule has 0 radical (unpaired) electrons. The molecule has 1 fully saturated rings. The Morgan fingerprint density at radius 3 is 2.38 bits per heavy atom. The molecule has 2 heterocycles. The predicted octanol–water partition coefficient (Wildman–Crippen LogP) is 1.49. The number of nitrogens with zero attached hydrogens (tertiary/aromatic N) is 3. The highest BCUT2D eigenvalue weighted by Crippen LogP contribution is 2.30. The lowest BCUT2D eigenvalue weighted by atomic mass is 10.3. The van der Waals surface area contributed by atoms with Crippen LogP contribution in [0.3, 0.4) is 0 Å². The fourth-order valence-corrected chi connectivity index (χ4v) is 4.35. The van der Waals surface area contributed by atoms with Crippen molar-refractivity contribution < 1.29 is 8.42 Å². The van der Waals surface area contributed by atoms with Gasteiger partial charge in [-0.05, 0) is 13.8 Å². The maximum Gasteiger partial charge on any atom is 0.246 e. The number of hydrogen-bond acceptors (Lipinski definition) is 5. The first-order valence-electron chi connectivity index (χ1n) is 6.93. The van der Waals surface area contributed by atoms with Gasteiger partial charge in [-0.3, -0.25) is 9.88 Å². The highest BCUT2D eigenvalue weighted by atomic mass is 35.5. The molecule has 1 aromatic rings. The van der Waals surface area contributed by atoms with Gasteiger partial charge in [-0.15, -0.1) is 0 Å². The number of aromatic nitrogens is 1. The Hall–Kier alpha value is -0.890. The third-order valence-corrected chi connectivity index (χ3v) is 5.93. The van der Waals surface area contributed by atoms with Crippen LogP contribution >= 0.6 is 11.6 Å². The summed E-state index contributed by atoms with van der Waals surface area (Å²) in [5, 5.41) is 3.15. The maximum absolute atomic E-state index is 12.8. The van der Waals surface area contributed by atoms with Gasteiger partial charge in [0.05, 0.1) is 10.7 Å². The smallest absolute Gasteiger partial charge is 0.246 e. The number of rotatable bonds is 4. The Bertz CT molecular complexity index is 598. The molecule has 0 saturated carbocycles. The molecular formula is C13H21ClN4O2S. The quantitative estimate of drug-likeness (QED) is 0.905. The van der Waals surface area contributed by atoms with Gasteiger partial charge in [0.1, 0.15) is 4.90 Å². The lowest BCUT2D eigenvalue weighted by Gasteiger charge is -2.36. The molecular weight excluding hydrogens is 312 g/mol. The topological polar surface area (TPSA) is 65.5 Å². The van der Waals surface area contributed by atoms with E-state index in [2.05, 4.69) is 29.0 Å². The van der Waals surface area contributed by atoms with Gasteiger partial charge in [0.15, 0.2) is 0 Å². The van der Waals surface area contributed by atoms with E-state index >= 15 is 0 Å². The number of piperazine rings is 1. The molecule has 6 nitrogen and oxygen atoms in total. The van der Waals surface area contributed by atoms with Crippen LogP contribution in [0.1, 0.15) is 13.8 Å². The molecule has 0 spiro atoms. The Labute approximate surface area is 131 Å². The number of sulfonamides is 1. The molecule has 0 amide bonds. The van der Waals surface area contributed by atoms with E-state index in [4.69, 9.17) is 11.6 Å². The Morgan fingerprint density at radius 1 is 1.24 bits per heavy atom. The van der Waals surface area contributed by atoms with Crippen molar-refractivity contribution in [2.45, 2.75) is 24.8 Å². The predicted molar refractivity (Wildman–Crippen MR) is 84.3 cm³/mol. The molecule has 2 rings (SSSR count). The van der Waals surface area contributed by atoms with Crippen LogP contribution in [-0.4, -0.2) is 61.9 Å². The van der Waals surface area contributed by atoms with Crippen molar-refractivity contribution in [3.63, 3.8) is 0 Å². The lowest BCUT2D eigenvalue weighted by Crippen LogP contribution is -2.50. The van der Waals surface area contributed by atoms with Gasteiger partial charge < -0.3 is 5.32 Å². The van der Waals surface area contributed by atoms with Crippen molar-refractivity contribution >= 4 is 27.3 Å². The molecule has 1 N–H and O–H groups in total. The average molecular weight is 333 g/mol. The number of anilines is 1. The molecule has 0 aliphatic carbocycles. The van der Waals surface area contributed by atoms with Crippen LogP contribution in [0.15, 0.2) is 17.3 Å². The Morgan fingerprint density at radius 2 is 1.86 bits per heavy atom. The second-order valence-electron chi connectivity index (χ2n) is 5.28. The molecule has 0 unspecified atom stereocenters. The fourth-order valence-electron chi connectivity index (χ4n) is 2.45. The van der Waals surface area contributed by atoms with Crippen LogP contribution in [-0.2, 0) is 10.0 Å². The van der Waals surface area contributed by atoms with Crippen molar-refractivity contribution in [1.82, 2.24) is 14.2 Å². The van der Waals surface area contributed by atoms with Crippen LogP contribution in [0.2, 0.25) is 5.02 Å². The molecule has 118 valence electrons. The van der Waals surface area contributed by atoms with Crippen molar-refractivity contribution in [3.8, 4) is 0 Å². The number of hydrogen-bond donors (Lipinski definition) is 1. The molecule has 1 aliphatic rings. The minimum atomic E-state index is -3.58. The fraction of sp³-hybridized carbons (Fsp3) is 0.615. The molecule has 0 aromatic carbocycles. The molecule has 0 atom stereocenters. The SMILES string of the molecule is CNc1c(Cl)cncc1S(=O)(=O)N1CCN(C(C)C)CC1. The number of nitrogens with one attached hydrogen (secondary N) is 1. The summed E-state index contributed by atoms with van der Waals surface area (Å²) in [6.45, 7) is 6.67. The van der Waals surface area contributed by atoms with Crippen LogP contribution in [0, 0.1) is 0 Å². The number of halogens is 1. The summed E-state index contributed by atoms with van der Waals surface area (Å²) in [6.07, 6.45) is 2.78. The second-order valence-corrected chi connectivity index (χ2v) is 7.59. The van der Waals surface area contributed by atoms with Crippen molar-refractivity contribution in [2.75, 3.05) is 38.5 Å². The highest BCUT2D eigenvalue weighted by Gasteiger charge is 2.31. The third-order valence-electron chi connectivity index (χ3n) is 3.74. The van der Waals surface area contributed by atoms with Crippen molar-refractivity contribution in [1.29, 1.82) is 0 Å². The highest BCUT2D eigenvalue weighted by molar-refractivity contribution is 7.89. The third kappa shape index (κ3) is 3.31. The first-order valence-corrected chi connectivity index (χ1v) is 8.75. The summed E-state index contributed by atoms with van der Waals surface area (Å²) >= 11 is 6.02. The van der Waals surface area contributed by atoms with Crippen molar-refractivity contribution in [2.24, 2.45) is 0 Å². The van der Waals surface area contributed by atoms with E-state index < -0.39 is 10.0 Å². The van der Waals surface area contributed by atoms with Crippen LogP contribution < -0.4 is 5.32 Å². The van der Waals surface area contributed by atoms with E-state index in [-0.39, 0.29) is 4.90 Å². The zero-order chi connectivity index (χ0) is 15.6. The Kier molecular flexibility index (Phi) is 5.08. The maximum atomic E-state index is 12.8. The summed E-state index contributed by atoms with van der Waals surface area (Å²) in [4.78, 5) is 6.31. The zero-order valence-electron chi connectivity index (χ0n) is 12.5. The summed E-state index contributed by atoms with van der Waals surface area (Å²) in [7, 11) is -1.93. The van der Waals surface area contributed by atoms with Gasteiger partial charge in [-0.25, -0.2) is 8.42 Å². The van der Waals surface area contributed by atoms with Gasteiger partial charge >= 0.3 is 0 Å². The van der Waals surface area contributed by atoms with Crippen LogP contribution in [0.5, 0.6) is 0 Å². The normalized spacial score (nSPS) is 18.1. The monoisotopic (exact) mass is 332 g/mol. The van der Waals surface area contributed by atoms with E-state index in [0.29, 0.717) is 29.8 Å².